The Balaban J connectivity index is 2.55. The second kappa shape index (κ2) is 5.06. The molecule has 2 aromatic rings. The molecular weight excluding hydrogens is 210 g/mol. The van der Waals surface area contributed by atoms with E-state index in [1.54, 1.807) is 0 Å². The fourth-order valence-corrected chi connectivity index (χ4v) is 1.87. The van der Waals surface area contributed by atoms with Crippen molar-refractivity contribution in [3.63, 3.8) is 0 Å². The number of nitrogens with two attached hydrogens (primary N) is 1. The Labute approximate surface area is 102 Å². The Morgan fingerprint density at radius 3 is 2.65 bits per heavy atom. The summed E-state index contributed by atoms with van der Waals surface area (Å²) in [6.45, 7) is 4.59. The highest BCUT2D eigenvalue weighted by molar-refractivity contribution is 5.63. The van der Waals surface area contributed by atoms with E-state index in [2.05, 4.69) is 23.0 Å². The largest absolute Gasteiger partial charge is 0.326 e. The van der Waals surface area contributed by atoms with Crippen molar-refractivity contribution in [2.75, 3.05) is 0 Å². The molecule has 0 spiro atoms. The van der Waals surface area contributed by atoms with Gasteiger partial charge < -0.3 is 5.73 Å². The van der Waals surface area contributed by atoms with Gasteiger partial charge in [0.2, 0.25) is 0 Å². The fraction of sp³-hybridized carbons (Fsp3) is 0.286. The third kappa shape index (κ3) is 2.50. The van der Waals surface area contributed by atoms with E-state index in [0.717, 1.165) is 34.8 Å². The lowest BCUT2D eigenvalue weighted by Crippen LogP contribution is -2.02. The van der Waals surface area contributed by atoms with E-state index >= 15 is 0 Å². The van der Waals surface area contributed by atoms with Gasteiger partial charge in [-0.3, -0.25) is 0 Å². The Morgan fingerprint density at radius 2 is 1.94 bits per heavy atom. The summed E-state index contributed by atoms with van der Waals surface area (Å²) in [7, 11) is 0. The van der Waals surface area contributed by atoms with Crippen LogP contribution in [0.25, 0.3) is 11.3 Å². The molecule has 0 amide bonds. The van der Waals surface area contributed by atoms with Crippen molar-refractivity contribution in [3.8, 4) is 11.3 Å². The minimum Gasteiger partial charge on any atom is -0.326 e. The van der Waals surface area contributed by atoms with E-state index in [1.165, 1.54) is 0 Å². The summed E-state index contributed by atoms with van der Waals surface area (Å²) in [5.74, 6) is 0.881. The molecule has 2 N–H and O–H groups in total. The first-order chi connectivity index (χ1) is 8.24. The quantitative estimate of drug-likeness (QED) is 0.876. The van der Waals surface area contributed by atoms with Crippen LogP contribution in [0.3, 0.4) is 0 Å². The van der Waals surface area contributed by atoms with Crippen LogP contribution in [0.2, 0.25) is 0 Å². The van der Waals surface area contributed by atoms with Crippen molar-refractivity contribution < 1.29 is 0 Å². The first-order valence-corrected chi connectivity index (χ1v) is 5.87. The van der Waals surface area contributed by atoms with Crippen LogP contribution in [0.4, 0.5) is 0 Å². The molecule has 0 aliphatic heterocycles. The molecule has 3 heteroatoms. The lowest BCUT2D eigenvalue weighted by atomic mass is 10.0. The zero-order valence-corrected chi connectivity index (χ0v) is 10.3. The van der Waals surface area contributed by atoms with Crippen molar-refractivity contribution in [3.05, 3.63) is 47.4 Å². The smallest absolute Gasteiger partial charge is 0.128 e. The molecule has 0 bridgehead atoms. The standard InChI is InChI=1S/C14H17N3/c1-3-14-16-10(2)8-13(17-14)12-7-5-4-6-11(12)9-15/h4-8H,3,9,15H2,1-2H3. The summed E-state index contributed by atoms with van der Waals surface area (Å²) < 4.78 is 0. The molecule has 2 rings (SSSR count). The molecule has 1 aromatic heterocycles. The maximum Gasteiger partial charge on any atom is 0.128 e. The molecule has 88 valence electrons. The Kier molecular flexibility index (Phi) is 3.49. The van der Waals surface area contributed by atoms with Gasteiger partial charge in [0.1, 0.15) is 5.82 Å². The summed E-state index contributed by atoms with van der Waals surface area (Å²) in [5, 5.41) is 0. The summed E-state index contributed by atoms with van der Waals surface area (Å²) >= 11 is 0. The fourth-order valence-electron chi connectivity index (χ4n) is 1.87. The number of nitrogens with zero attached hydrogens (tertiary/aromatic N) is 2. The van der Waals surface area contributed by atoms with Crippen LogP contribution < -0.4 is 5.73 Å². The number of benzene rings is 1. The molecule has 1 aromatic carbocycles. The molecular formula is C14H17N3. The first-order valence-electron chi connectivity index (χ1n) is 5.87. The highest BCUT2D eigenvalue weighted by Crippen LogP contribution is 2.22. The third-order valence-corrected chi connectivity index (χ3v) is 2.73. The van der Waals surface area contributed by atoms with Crippen molar-refractivity contribution in [2.45, 2.75) is 26.8 Å². The van der Waals surface area contributed by atoms with Crippen LogP contribution in [0.5, 0.6) is 0 Å². The van der Waals surface area contributed by atoms with Crippen LogP contribution in [0, 0.1) is 6.92 Å². The van der Waals surface area contributed by atoms with E-state index in [0.29, 0.717) is 6.54 Å². The van der Waals surface area contributed by atoms with E-state index in [1.807, 2.05) is 31.2 Å². The zero-order chi connectivity index (χ0) is 12.3. The van der Waals surface area contributed by atoms with E-state index in [4.69, 9.17) is 5.73 Å². The Bertz CT molecular complexity index is 521. The second-order valence-corrected chi connectivity index (χ2v) is 4.03. The third-order valence-electron chi connectivity index (χ3n) is 2.73. The molecule has 0 aliphatic rings. The molecule has 0 saturated heterocycles. The highest BCUT2D eigenvalue weighted by atomic mass is 14.9. The molecule has 0 unspecified atom stereocenters. The zero-order valence-electron chi connectivity index (χ0n) is 10.3. The molecule has 0 fully saturated rings. The van der Waals surface area contributed by atoms with Gasteiger partial charge in [0.05, 0.1) is 5.69 Å². The van der Waals surface area contributed by atoms with Crippen molar-refractivity contribution in [1.29, 1.82) is 0 Å². The van der Waals surface area contributed by atoms with Gasteiger partial charge in [-0.1, -0.05) is 31.2 Å². The van der Waals surface area contributed by atoms with Crippen molar-refractivity contribution >= 4 is 0 Å². The lowest BCUT2D eigenvalue weighted by molar-refractivity contribution is 0.919. The minimum atomic E-state index is 0.528. The van der Waals surface area contributed by atoms with Crippen LogP contribution in [0.1, 0.15) is 24.0 Å². The predicted octanol–water partition coefficient (Wildman–Crippen LogP) is 2.47. The average Bonchev–Trinajstić information content (AvgIpc) is 2.37. The Hall–Kier alpha value is -1.74. The summed E-state index contributed by atoms with van der Waals surface area (Å²) in [6.07, 6.45) is 0.847. The molecule has 3 nitrogen and oxygen atoms in total. The first kappa shape index (κ1) is 11.7. The SMILES string of the molecule is CCc1nc(C)cc(-c2ccccc2CN)n1. The monoisotopic (exact) mass is 227 g/mol. The maximum atomic E-state index is 5.75. The molecule has 17 heavy (non-hydrogen) atoms. The highest BCUT2D eigenvalue weighted by Gasteiger charge is 2.07. The minimum absolute atomic E-state index is 0.528. The van der Waals surface area contributed by atoms with Crippen molar-refractivity contribution in [2.24, 2.45) is 5.73 Å². The van der Waals surface area contributed by atoms with Crippen LogP contribution >= 0.6 is 0 Å². The van der Waals surface area contributed by atoms with Crippen molar-refractivity contribution in [1.82, 2.24) is 9.97 Å². The lowest BCUT2D eigenvalue weighted by Gasteiger charge is -2.08. The van der Waals surface area contributed by atoms with Crippen LogP contribution in [0.15, 0.2) is 30.3 Å². The molecule has 1 heterocycles. The number of aromatic nitrogens is 2. The number of rotatable bonds is 3. The molecule has 0 saturated carbocycles. The summed E-state index contributed by atoms with van der Waals surface area (Å²) in [6, 6.07) is 10.1. The van der Waals surface area contributed by atoms with Gasteiger partial charge in [-0.05, 0) is 18.6 Å². The van der Waals surface area contributed by atoms with Gasteiger partial charge in [-0.2, -0.15) is 0 Å². The predicted molar refractivity (Wildman–Crippen MR) is 69.5 cm³/mol. The van der Waals surface area contributed by atoms with E-state index < -0.39 is 0 Å². The van der Waals surface area contributed by atoms with Gasteiger partial charge in [-0.25, -0.2) is 9.97 Å². The van der Waals surface area contributed by atoms with E-state index in [9.17, 15) is 0 Å². The maximum absolute atomic E-state index is 5.75. The van der Waals surface area contributed by atoms with Gasteiger partial charge in [0, 0.05) is 24.2 Å². The number of aryl methyl sites for hydroxylation is 2. The second-order valence-electron chi connectivity index (χ2n) is 4.03. The summed E-state index contributed by atoms with van der Waals surface area (Å²) in [4.78, 5) is 8.96. The Morgan fingerprint density at radius 1 is 1.18 bits per heavy atom. The normalized spacial score (nSPS) is 10.5. The van der Waals surface area contributed by atoms with Gasteiger partial charge in [-0.15, -0.1) is 0 Å². The van der Waals surface area contributed by atoms with Gasteiger partial charge in [0.15, 0.2) is 0 Å². The van der Waals surface area contributed by atoms with Gasteiger partial charge in [0.25, 0.3) is 0 Å². The molecule has 0 aliphatic carbocycles. The topological polar surface area (TPSA) is 51.8 Å². The van der Waals surface area contributed by atoms with Crippen LogP contribution in [-0.2, 0) is 13.0 Å². The van der Waals surface area contributed by atoms with Crippen LogP contribution in [-0.4, -0.2) is 9.97 Å². The average molecular weight is 227 g/mol. The summed E-state index contributed by atoms with van der Waals surface area (Å²) in [5.41, 5.74) is 9.94. The van der Waals surface area contributed by atoms with E-state index in [-0.39, 0.29) is 0 Å². The van der Waals surface area contributed by atoms with Gasteiger partial charge >= 0.3 is 0 Å². The molecule has 0 atom stereocenters. The number of hydrogen-bond donors (Lipinski definition) is 1. The molecule has 0 radical (unpaired) electrons. The number of hydrogen-bond acceptors (Lipinski definition) is 3.